The molecule has 0 amide bonds. The van der Waals surface area contributed by atoms with Crippen molar-refractivity contribution >= 4 is 66.4 Å². The minimum atomic E-state index is 0.0513. The number of hydrogen-bond donors (Lipinski definition) is 0. The van der Waals surface area contributed by atoms with Gasteiger partial charge in [0.25, 0.3) is 0 Å². The minimum Gasteiger partial charge on any atom is -0.311 e. The van der Waals surface area contributed by atoms with Crippen LogP contribution in [0, 0.1) is 0 Å². The first-order valence-electron chi connectivity index (χ1n) is 26.7. The standard InChI is InChI=1S/C74H62N2/c1-73(2,3)57-33-43-62(44-34-57)75(59-37-27-53(28-38-59)51-17-9-7-10-18-51)60-41-31-55(32-42-60)71-50-72-68-26-16-25-65(69(68)47-48-70(72)66-23-13-14-24-67(66)71)56-21-15-22-64(49-56)76(63-45-35-58(36-46-63)74(4,5)6)61-39-29-54(30-40-61)52-19-11-8-12-20-52/h7-50H,1-6H3. The molecular formula is C74H62N2. The molecule has 0 unspecified atom stereocenters. The number of fused-ring (bicyclic) bond motifs is 5. The van der Waals surface area contributed by atoms with E-state index < -0.39 is 0 Å². The molecule has 0 aliphatic carbocycles. The Labute approximate surface area is 448 Å². The summed E-state index contributed by atoms with van der Waals surface area (Å²) < 4.78 is 0. The Bertz CT molecular complexity index is 3990. The van der Waals surface area contributed by atoms with Crippen molar-refractivity contribution < 1.29 is 0 Å². The van der Waals surface area contributed by atoms with Gasteiger partial charge in [-0.3, -0.25) is 0 Å². The van der Waals surface area contributed by atoms with Gasteiger partial charge in [-0.05, 0) is 178 Å². The summed E-state index contributed by atoms with van der Waals surface area (Å²) in [4.78, 5) is 4.76. The normalized spacial score (nSPS) is 11.8. The van der Waals surface area contributed by atoms with Crippen molar-refractivity contribution in [3.8, 4) is 44.5 Å². The molecule has 0 atom stereocenters. The average Bonchev–Trinajstić information content (AvgIpc) is 3.46. The van der Waals surface area contributed by atoms with E-state index in [9.17, 15) is 0 Å². The van der Waals surface area contributed by atoms with Gasteiger partial charge in [-0.1, -0.05) is 230 Å². The van der Waals surface area contributed by atoms with Gasteiger partial charge < -0.3 is 9.80 Å². The zero-order valence-corrected chi connectivity index (χ0v) is 44.3. The summed E-state index contributed by atoms with van der Waals surface area (Å²) in [5.74, 6) is 0. The molecule has 12 aromatic carbocycles. The fraction of sp³-hybridized carbons (Fsp3) is 0.108. The summed E-state index contributed by atoms with van der Waals surface area (Å²) in [5, 5.41) is 7.44. The Kier molecular flexibility index (Phi) is 12.4. The van der Waals surface area contributed by atoms with E-state index in [0.29, 0.717) is 0 Å². The maximum Gasteiger partial charge on any atom is 0.0467 e. The van der Waals surface area contributed by atoms with E-state index in [-0.39, 0.29) is 10.8 Å². The Morgan fingerprint density at radius 1 is 0.211 bits per heavy atom. The van der Waals surface area contributed by atoms with Gasteiger partial charge in [0.2, 0.25) is 0 Å². The van der Waals surface area contributed by atoms with E-state index >= 15 is 0 Å². The molecule has 0 saturated heterocycles. The van der Waals surface area contributed by atoms with Crippen LogP contribution >= 0.6 is 0 Å². The molecule has 368 valence electrons. The van der Waals surface area contributed by atoms with Crippen LogP contribution in [0.15, 0.2) is 267 Å². The molecule has 12 rings (SSSR count). The molecule has 0 spiro atoms. The lowest BCUT2D eigenvalue weighted by Crippen LogP contribution is -2.13. The molecule has 76 heavy (non-hydrogen) atoms. The van der Waals surface area contributed by atoms with Crippen LogP contribution in [0.4, 0.5) is 34.1 Å². The zero-order valence-electron chi connectivity index (χ0n) is 44.3. The molecule has 0 aliphatic heterocycles. The van der Waals surface area contributed by atoms with Gasteiger partial charge in [-0.25, -0.2) is 0 Å². The molecule has 2 heteroatoms. The highest BCUT2D eigenvalue weighted by atomic mass is 15.1. The third-order valence-electron chi connectivity index (χ3n) is 15.2. The predicted molar refractivity (Wildman–Crippen MR) is 327 cm³/mol. The first-order chi connectivity index (χ1) is 36.9. The molecule has 2 nitrogen and oxygen atoms in total. The third-order valence-corrected chi connectivity index (χ3v) is 15.2. The first kappa shape index (κ1) is 48.0. The van der Waals surface area contributed by atoms with Crippen molar-refractivity contribution in [2.75, 3.05) is 9.80 Å². The van der Waals surface area contributed by atoms with Gasteiger partial charge in [-0.15, -0.1) is 0 Å². The van der Waals surface area contributed by atoms with Crippen molar-refractivity contribution in [2.45, 2.75) is 52.4 Å². The van der Waals surface area contributed by atoms with Crippen LogP contribution < -0.4 is 9.80 Å². The van der Waals surface area contributed by atoms with Crippen molar-refractivity contribution in [2.24, 2.45) is 0 Å². The van der Waals surface area contributed by atoms with Crippen molar-refractivity contribution in [3.63, 3.8) is 0 Å². The number of benzene rings is 12. The lowest BCUT2D eigenvalue weighted by Gasteiger charge is -2.27. The van der Waals surface area contributed by atoms with Crippen LogP contribution in [-0.2, 0) is 10.8 Å². The van der Waals surface area contributed by atoms with Crippen LogP contribution in [0.2, 0.25) is 0 Å². The first-order valence-corrected chi connectivity index (χ1v) is 26.7. The third kappa shape index (κ3) is 9.33. The summed E-state index contributed by atoms with van der Waals surface area (Å²) in [6.07, 6.45) is 0. The van der Waals surface area contributed by atoms with Crippen LogP contribution in [0.3, 0.4) is 0 Å². The molecule has 0 fully saturated rings. The number of nitrogens with zero attached hydrogens (tertiary/aromatic N) is 2. The van der Waals surface area contributed by atoms with E-state index in [0.717, 1.165) is 34.1 Å². The maximum absolute atomic E-state index is 2.43. The molecular weight excluding hydrogens is 917 g/mol. The topological polar surface area (TPSA) is 6.48 Å². The lowest BCUT2D eigenvalue weighted by atomic mass is 9.87. The fourth-order valence-corrected chi connectivity index (χ4v) is 11.0. The van der Waals surface area contributed by atoms with Gasteiger partial charge in [-0.2, -0.15) is 0 Å². The molecule has 0 saturated carbocycles. The van der Waals surface area contributed by atoms with Crippen LogP contribution in [-0.4, -0.2) is 0 Å². The number of hydrogen-bond acceptors (Lipinski definition) is 2. The van der Waals surface area contributed by atoms with Crippen molar-refractivity contribution in [1.82, 2.24) is 0 Å². The number of rotatable bonds is 10. The highest BCUT2D eigenvalue weighted by Crippen LogP contribution is 2.44. The second-order valence-corrected chi connectivity index (χ2v) is 22.2. The van der Waals surface area contributed by atoms with E-state index in [2.05, 4.69) is 318 Å². The molecule has 0 aromatic heterocycles. The zero-order chi connectivity index (χ0) is 52.0. The van der Waals surface area contributed by atoms with E-state index in [1.54, 1.807) is 0 Å². The van der Waals surface area contributed by atoms with Crippen LogP contribution in [0.1, 0.15) is 52.7 Å². The summed E-state index contributed by atoms with van der Waals surface area (Å²) in [6, 6.07) is 98.3. The quantitative estimate of drug-likeness (QED) is 0.126. The summed E-state index contributed by atoms with van der Waals surface area (Å²) >= 11 is 0. The Morgan fingerprint density at radius 3 is 1.05 bits per heavy atom. The molecule has 0 radical (unpaired) electrons. The summed E-state index contributed by atoms with van der Waals surface area (Å²) in [5.41, 5.74) is 19.0. The van der Waals surface area contributed by atoms with E-state index in [1.807, 2.05) is 0 Å². The smallest absolute Gasteiger partial charge is 0.0467 e. The largest absolute Gasteiger partial charge is 0.311 e. The Hall–Kier alpha value is -8.98. The van der Waals surface area contributed by atoms with Gasteiger partial charge in [0.15, 0.2) is 0 Å². The molecule has 12 aromatic rings. The van der Waals surface area contributed by atoms with Gasteiger partial charge in [0.1, 0.15) is 0 Å². The monoisotopic (exact) mass is 978 g/mol. The molecule has 0 heterocycles. The molecule has 0 N–H and O–H groups in total. The Morgan fingerprint density at radius 2 is 0.553 bits per heavy atom. The second-order valence-electron chi connectivity index (χ2n) is 22.2. The molecule has 0 bridgehead atoms. The highest BCUT2D eigenvalue weighted by molar-refractivity contribution is 6.22. The minimum absolute atomic E-state index is 0.0513. The molecule has 0 aliphatic rings. The average molecular weight is 979 g/mol. The summed E-state index contributed by atoms with van der Waals surface area (Å²) in [7, 11) is 0. The van der Waals surface area contributed by atoms with Gasteiger partial charge >= 0.3 is 0 Å². The Balaban J connectivity index is 0.938. The van der Waals surface area contributed by atoms with Gasteiger partial charge in [0, 0.05) is 34.1 Å². The highest BCUT2D eigenvalue weighted by Gasteiger charge is 2.21. The van der Waals surface area contributed by atoms with Gasteiger partial charge in [0.05, 0.1) is 0 Å². The second kappa shape index (κ2) is 19.7. The maximum atomic E-state index is 2.43. The van der Waals surface area contributed by atoms with E-state index in [1.165, 1.54) is 88.0 Å². The van der Waals surface area contributed by atoms with Crippen LogP contribution in [0.25, 0.3) is 76.8 Å². The SMILES string of the molecule is CC(C)(C)c1ccc(N(c2ccc(-c3ccccc3)cc2)c2ccc(-c3cc4c5cccc(-c6cccc(N(c7ccc(-c8ccccc8)cc7)c7ccc(C(C)(C)C)cc7)c6)c5ccc4c4ccccc34)cc2)cc1. The lowest BCUT2D eigenvalue weighted by molar-refractivity contribution is 0.590. The predicted octanol–water partition coefficient (Wildman–Crippen LogP) is 21.3. The van der Waals surface area contributed by atoms with Crippen LogP contribution in [0.5, 0.6) is 0 Å². The van der Waals surface area contributed by atoms with Crippen molar-refractivity contribution in [1.29, 1.82) is 0 Å². The van der Waals surface area contributed by atoms with Crippen molar-refractivity contribution in [3.05, 3.63) is 278 Å². The van der Waals surface area contributed by atoms with E-state index in [4.69, 9.17) is 0 Å². The fourth-order valence-electron chi connectivity index (χ4n) is 11.0. The number of anilines is 6. The summed E-state index contributed by atoms with van der Waals surface area (Å²) in [6.45, 7) is 13.6.